The summed E-state index contributed by atoms with van der Waals surface area (Å²) >= 11 is 0. The highest BCUT2D eigenvalue weighted by atomic mass is 35.5. The van der Waals surface area contributed by atoms with Gasteiger partial charge in [-0.3, -0.25) is 10.2 Å². The first-order chi connectivity index (χ1) is 11.2. The van der Waals surface area contributed by atoms with E-state index in [4.69, 9.17) is 4.74 Å². The number of aromatic nitrogens is 2. The number of aromatic amines is 1. The molecule has 3 aromatic rings. The van der Waals surface area contributed by atoms with Gasteiger partial charge in [-0.15, -0.1) is 12.4 Å². The van der Waals surface area contributed by atoms with Crippen molar-refractivity contribution < 1.29 is 4.74 Å². The zero-order valence-electron chi connectivity index (χ0n) is 13.2. The van der Waals surface area contributed by atoms with E-state index >= 15 is 0 Å². The Morgan fingerprint density at radius 1 is 1.17 bits per heavy atom. The number of benzene rings is 2. The van der Waals surface area contributed by atoms with Crippen LogP contribution in [-0.4, -0.2) is 22.8 Å². The Kier molecular flexibility index (Phi) is 5.55. The Balaban J connectivity index is 0.00000208. The lowest BCUT2D eigenvalue weighted by atomic mass is 10.1. The van der Waals surface area contributed by atoms with E-state index in [2.05, 4.69) is 20.5 Å². The van der Waals surface area contributed by atoms with Gasteiger partial charge in [0.25, 0.3) is 5.56 Å². The molecule has 0 radical (unpaired) electrons. The Labute approximate surface area is 145 Å². The van der Waals surface area contributed by atoms with Crippen molar-refractivity contribution >= 4 is 35.0 Å². The fourth-order valence-corrected chi connectivity index (χ4v) is 2.14. The molecular formula is C17H17ClN4O2. The fourth-order valence-electron chi connectivity index (χ4n) is 2.14. The van der Waals surface area contributed by atoms with Crippen molar-refractivity contribution in [2.24, 2.45) is 5.10 Å². The summed E-state index contributed by atoms with van der Waals surface area (Å²) in [7, 11) is 1.62. The van der Waals surface area contributed by atoms with Crippen molar-refractivity contribution in [3.63, 3.8) is 0 Å². The van der Waals surface area contributed by atoms with Gasteiger partial charge in [0, 0.05) is 0 Å². The highest BCUT2D eigenvalue weighted by molar-refractivity contribution is 5.99. The molecule has 1 heterocycles. The van der Waals surface area contributed by atoms with Gasteiger partial charge in [0.15, 0.2) is 0 Å². The van der Waals surface area contributed by atoms with Crippen LogP contribution in [0.3, 0.4) is 0 Å². The summed E-state index contributed by atoms with van der Waals surface area (Å²) in [4.78, 5) is 19.1. The number of rotatable bonds is 4. The van der Waals surface area contributed by atoms with E-state index in [-0.39, 0.29) is 23.8 Å². The average molecular weight is 345 g/mol. The maximum absolute atomic E-state index is 12.0. The van der Waals surface area contributed by atoms with Gasteiger partial charge in [-0.25, -0.2) is 4.98 Å². The lowest BCUT2D eigenvalue weighted by Crippen LogP contribution is -2.14. The van der Waals surface area contributed by atoms with Gasteiger partial charge in [-0.05, 0) is 48.9 Å². The summed E-state index contributed by atoms with van der Waals surface area (Å²) in [6.45, 7) is 1.85. The summed E-state index contributed by atoms with van der Waals surface area (Å²) in [5, 5.41) is 4.23. The topological polar surface area (TPSA) is 79.4 Å². The summed E-state index contributed by atoms with van der Waals surface area (Å²) in [5.74, 6) is 0.943. The van der Waals surface area contributed by atoms with E-state index in [1.165, 1.54) is 0 Å². The molecule has 0 bridgehead atoms. The Morgan fingerprint density at radius 3 is 2.58 bits per heavy atom. The highest BCUT2D eigenvalue weighted by Gasteiger charge is 2.04. The lowest BCUT2D eigenvalue weighted by molar-refractivity contribution is 0.415. The number of methoxy groups -OCH3 is 1. The molecule has 0 amide bonds. The van der Waals surface area contributed by atoms with E-state index in [1.54, 1.807) is 13.2 Å². The third-order valence-electron chi connectivity index (χ3n) is 3.44. The van der Waals surface area contributed by atoms with Gasteiger partial charge in [-0.2, -0.15) is 5.10 Å². The number of fused-ring (bicyclic) bond motifs is 1. The number of ether oxygens (including phenoxy) is 1. The molecule has 0 saturated heterocycles. The van der Waals surface area contributed by atoms with Gasteiger partial charge in [0.2, 0.25) is 5.82 Å². The molecule has 7 heteroatoms. The van der Waals surface area contributed by atoms with Crippen molar-refractivity contribution in [3.05, 3.63) is 64.4 Å². The minimum absolute atomic E-state index is 0. The summed E-state index contributed by atoms with van der Waals surface area (Å²) in [6.07, 6.45) is 0. The molecule has 0 unspecified atom stereocenters. The molecule has 0 atom stereocenters. The van der Waals surface area contributed by atoms with Gasteiger partial charge < -0.3 is 9.72 Å². The quantitative estimate of drug-likeness (QED) is 0.562. The van der Waals surface area contributed by atoms with Crippen molar-refractivity contribution in [2.45, 2.75) is 6.92 Å². The molecule has 0 saturated carbocycles. The Bertz CT molecular complexity index is 920. The molecule has 0 aliphatic rings. The van der Waals surface area contributed by atoms with Crippen LogP contribution in [0.25, 0.3) is 11.0 Å². The molecule has 124 valence electrons. The second-order valence-electron chi connectivity index (χ2n) is 4.97. The van der Waals surface area contributed by atoms with Crippen LogP contribution in [0, 0.1) is 0 Å². The summed E-state index contributed by atoms with van der Waals surface area (Å²) in [5.41, 5.74) is 5.48. The molecule has 24 heavy (non-hydrogen) atoms. The highest BCUT2D eigenvalue weighted by Crippen LogP contribution is 2.12. The number of halogens is 1. The molecule has 0 spiro atoms. The first-order valence-electron chi connectivity index (χ1n) is 7.11. The summed E-state index contributed by atoms with van der Waals surface area (Å²) in [6, 6.07) is 14.9. The molecule has 2 N–H and O–H groups in total. The standard InChI is InChI=1S/C17H16N4O2.ClH/c1-11(12-7-9-13(23-2)10-8-12)20-21-16-17(22)19-15-6-4-3-5-14(15)18-16;/h3-10H,1-2H3,(H,18,21)(H,19,22);1H. The van der Waals surface area contributed by atoms with Gasteiger partial charge in [0.1, 0.15) is 5.75 Å². The van der Waals surface area contributed by atoms with E-state index in [1.807, 2.05) is 49.4 Å². The van der Waals surface area contributed by atoms with Crippen LogP contribution in [0.15, 0.2) is 58.4 Å². The number of hydrogen-bond donors (Lipinski definition) is 2. The number of hydrazone groups is 1. The third kappa shape index (κ3) is 3.72. The second kappa shape index (κ2) is 7.61. The number of anilines is 1. The number of nitrogens with zero attached hydrogens (tertiary/aromatic N) is 2. The van der Waals surface area contributed by atoms with Crippen LogP contribution in [-0.2, 0) is 0 Å². The molecule has 0 aliphatic heterocycles. The smallest absolute Gasteiger partial charge is 0.293 e. The molecule has 3 rings (SSSR count). The fraction of sp³-hybridized carbons (Fsp3) is 0.118. The molecule has 6 nitrogen and oxygen atoms in total. The zero-order chi connectivity index (χ0) is 16.2. The van der Waals surface area contributed by atoms with Crippen molar-refractivity contribution in [1.29, 1.82) is 0 Å². The van der Waals surface area contributed by atoms with Gasteiger partial charge >= 0.3 is 0 Å². The molecule has 2 aromatic carbocycles. The molecular weight excluding hydrogens is 328 g/mol. The van der Waals surface area contributed by atoms with E-state index in [0.717, 1.165) is 17.0 Å². The van der Waals surface area contributed by atoms with Crippen LogP contribution < -0.4 is 15.7 Å². The minimum atomic E-state index is -0.310. The maximum Gasteiger partial charge on any atom is 0.293 e. The van der Waals surface area contributed by atoms with Crippen LogP contribution in [0.1, 0.15) is 12.5 Å². The molecule has 1 aromatic heterocycles. The zero-order valence-corrected chi connectivity index (χ0v) is 14.1. The van der Waals surface area contributed by atoms with E-state index in [9.17, 15) is 4.79 Å². The summed E-state index contributed by atoms with van der Waals surface area (Å²) < 4.78 is 5.12. The number of nitrogens with one attached hydrogen (secondary N) is 2. The third-order valence-corrected chi connectivity index (χ3v) is 3.44. The van der Waals surface area contributed by atoms with Gasteiger partial charge in [0.05, 0.1) is 23.9 Å². The molecule has 0 fully saturated rings. The van der Waals surface area contributed by atoms with Crippen LogP contribution in [0.4, 0.5) is 5.82 Å². The maximum atomic E-state index is 12.0. The van der Waals surface area contributed by atoms with Gasteiger partial charge in [-0.1, -0.05) is 12.1 Å². The van der Waals surface area contributed by atoms with Crippen molar-refractivity contribution in [3.8, 4) is 5.75 Å². The number of hydrogen-bond acceptors (Lipinski definition) is 5. The first kappa shape index (κ1) is 17.5. The largest absolute Gasteiger partial charge is 0.497 e. The van der Waals surface area contributed by atoms with Crippen LogP contribution in [0.2, 0.25) is 0 Å². The Hall–Kier alpha value is -2.86. The monoisotopic (exact) mass is 344 g/mol. The second-order valence-corrected chi connectivity index (χ2v) is 4.97. The number of para-hydroxylation sites is 2. The number of H-pyrrole nitrogens is 1. The first-order valence-corrected chi connectivity index (χ1v) is 7.11. The van der Waals surface area contributed by atoms with E-state index < -0.39 is 0 Å². The minimum Gasteiger partial charge on any atom is -0.497 e. The van der Waals surface area contributed by atoms with E-state index in [0.29, 0.717) is 11.0 Å². The van der Waals surface area contributed by atoms with Crippen LogP contribution in [0.5, 0.6) is 5.75 Å². The normalized spacial score (nSPS) is 11.0. The SMILES string of the molecule is COc1ccc(C(C)=NNc2nc3ccccc3[nH]c2=O)cc1.Cl. The lowest BCUT2D eigenvalue weighted by Gasteiger charge is -2.05. The van der Waals surface area contributed by atoms with Crippen molar-refractivity contribution in [1.82, 2.24) is 9.97 Å². The predicted octanol–water partition coefficient (Wildman–Crippen LogP) is 3.19. The predicted molar refractivity (Wildman–Crippen MR) is 98.4 cm³/mol. The van der Waals surface area contributed by atoms with Crippen molar-refractivity contribution in [2.75, 3.05) is 12.5 Å². The Morgan fingerprint density at radius 2 is 1.88 bits per heavy atom. The average Bonchev–Trinajstić information content (AvgIpc) is 2.59. The van der Waals surface area contributed by atoms with Crippen LogP contribution >= 0.6 is 12.4 Å². The molecule has 0 aliphatic carbocycles.